The molecule has 0 aliphatic carbocycles. The summed E-state index contributed by atoms with van der Waals surface area (Å²) in [5.74, 6) is -3.54. The van der Waals surface area contributed by atoms with Gasteiger partial charge in [0.1, 0.15) is 0 Å². The van der Waals surface area contributed by atoms with E-state index in [4.69, 9.17) is 0 Å². The monoisotopic (exact) mass is 698 g/mol. The SMILES string of the molecule is Cc1ccc(C(=O)CNc2ccc(F)[c-]c2F)cc1.Cc1ccc(C(=O)CNc2ccc(F)[c-]c2F)cc1.[Ti+4].c1cc[cH-]c1.c1cc[cH-]c1. The van der Waals surface area contributed by atoms with E-state index >= 15 is 0 Å². The van der Waals surface area contributed by atoms with Crippen molar-refractivity contribution in [3.05, 3.63) is 191 Å². The number of rotatable bonds is 8. The Kier molecular flexibility index (Phi) is 17.8. The molecule has 4 nitrogen and oxygen atoms in total. The summed E-state index contributed by atoms with van der Waals surface area (Å²) in [6.07, 6.45) is 0. The average molecular weight is 699 g/mol. The van der Waals surface area contributed by atoms with Crippen LogP contribution in [0, 0.1) is 49.2 Å². The van der Waals surface area contributed by atoms with Crippen molar-refractivity contribution < 1.29 is 48.9 Å². The third kappa shape index (κ3) is 15.2. The molecular weight excluding hydrogens is 664 g/mol. The average Bonchev–Trinajstić information content (AvgIpc) is 3.85. The Labute approximate surface area is 299 Å². The fourth-order valence-electron chi connectivity index (χ4n) is 3.84. The molecule has 6 rings (SSSR count). The zero-order valence-corrected chi connectivity index (χ0v) is 28.5. The molecule has 0 aliphatic heterocycles. The topological polar surface area (TPSA) is 58.2 Å². The van der Waals surface area contributed by atoms with Crippen LogP contribution in [0.1, 0.15) is 31.8 Å². The smallest absolute Gasteiger partial charge is 0.428 e. The van der Waals surface area contributed by atoms with E-state index in [0.717, 1.165) is 23.3 Å². The fourth-order valence-corrected chi connectivity index (χ4v) is 3.84. The number of halogens is 4. The standard InChI is InChI=1S/2C15H12F2NO.2C5H5.Ti/c2*1-10-2-4-11(5-3-10)15(19)9-18-14-7-6-12(16)8-13(14)17;2*1-2-4-5-3-1;/h2*2-7,18H,9H2,1H3;2*1-5H;/q4*-1;+4. The van der Waals surface area contributed by atoms with E-state index in [9.17, 15) is 27.2 Å². The third-order valence-corrected chi connectivity index (χ3v) is 6.46. The van der Waals surface area contributed by atoms with Gasteiger partial charge < -0.3 is 10.6 Å². The second-order valence-electron chi connectivity index (χ2n) is 10.3. The Morgan fingerprint density at radius 1 is 0.551 bits per heavy atom. The van der Waals surface area contributed by atoms with Gasteiger partial charge in [-0.1, -0.05) is 59.7 Å². The summed E-state index contributed by atoms with van der Waals surface area (Å²) in [4.78, 5) is 23.7. The summed E-state index contributed by atoms with van der Waals surface area (Å²) in [6.45, 7) is 3.74. The second-order valence-corrected chi connectivity index (χ2v) is 10.3. The molecule has 9 heteroatoms. The van der Waals surface area contributed by atoms with E-state index < -0.39 is 23.3 Å². The van der Waals surface area contributed by atoms with Crippen LogP contribution in [-0.2, 0) is 21.7 Å². The van der Waals surface area contributed by atoms with Gasteiger partial charge in [0.15, 0.2) is 11.6 Å². The van der Waals surface area contributed by atoms with Crippen LogP contribution in [0.3, 0.4) is 0 Å². The van der Waals surface area contributed by atoms with Crippen LogP contribution in [0.15, 0.2) is 133 Å². The van der Waals surface area contributed by atoms with Gasteiger partial charge in [-0.05, 0) is 25.2 Å². The Hall–Kier alpha value is -5.05. The van der Waals surface area contributed by atoms with E-state index in [0.29, 0.717) is 11.1 Å². The van der Waals surface area contributed by atoms with Crippen molar-refractivity contribution >= 4 is 22.9 Å². The molecule has 0 radical (unpaired) electrons. The number of ketones is 2. The molecule has 248 valence electrons. The predicted molar refractivity (Wildman–Crippen MR) is 182 cm³/mol. The van der Waals surface area contributed by atoms with Crippen LogP contribution >= 0.6 is 0 Å². The van der Waals surface area contributed by atoms with Gasteiger partial charge in [-0.25, -0.2) is 41.8 Å². The van der Waals surface area contributed by atoms with E-state index in [1.165, 1.54) is 12.1 Å². The summed E-state index contributed by atoms with van der Waals surface area (Å²) in [5.41, 5.74) is 3.32. The van der Waals surface area contributed by atoms with Gasteiger partial charge >= 0.3 is 21.7 Å². The first-order chi connectivity index (χ1) is 23.1. The molecule has 0 amide bonds. The summed E-state index contributed by atoms with van der Waals surface area (Å²) < 4.78 is 51.9. The largest absolute Gasteiger partial charge is 4.00 e. The van der Waals surface area contributed by atoms with Crippen molar-refractivity contribution in [3.8, 4) is 0 Å². The van der Waals surface area contributed by atoms with Gasteiger partial charge in [0.05, 0.1) is 13.1 Å². The maximum atomic E-state index is 13.3. The van der Waals surface area contributed by atoms with Crippen LogP contribution in [0.2, 0.25) is 0 Å². The Morgan fingerprint density at radius 3 is 1.14 bits per heavy atom. The molecule has 0 bridgehead atoms. The van der Waals surface area contributed by atoms with Gasteiger partial charge in [0.25, 0.3) is 0 Å². The first kappa shape index (κ1) is 40.1. The molecule has 6 aromatic carbocycles. The number of carbonyl (C=O) groups is 2. The van der Waals surface area contributed by atoms with Crippen molar-refractivity contribution in [2.75, 3.05) is 23.7 Å². The normalized spacial score (nSPS) is 9.59. The Bertz CT molecular complexity index is 1640. The molecule has 0 saturated heterocycles. The number of aryl methyl sites for hydroxylation is 2. The Balaban J connectivity index is 0.000000260. The molecule has 6 aromatic rings. The number of carbonyl (C=O) groups excluding carboxylic acids is 2. The molecule has 0 saturated carbocycles. The molecule has 2 N–H and O–H groups in total. The third-order valence-electron chi connectivity index (χ3n) is 6.46. The quantitative estimate of drug-likeness (QED) is 0.0720. The van der Waals surface area contributed by atoms with E-state index in [1.54, 1.807) is 24.3 Å². The van der Waals surface area contributed by atoms with Gasteiger partial charge in [-0.2, -0.15) is 36.4 Å². The van der Waals surface area contributed by atoms with Gasteiger partial charge in [0.2, 0.25) is 0 Å². The van der Waals surface area contributed by atoms with Crippen LogP contribution in [0.25, 0.3) is 0 Å². The van der Waals surface area contributed by atoms with Gasteiger partial charge in [-0.3, -0.25) is 9.59 Å². The van der Waals surface area contributed by atoms with Gasteiger partial charge in [0, 0.05) is 34.4 Å². The van der Waals surface area contributed by atoms with E-state index in [2.05, 4.69) is 10.6 Å². The number of hydrogen-bond acceptors (Lipinski definition) is 4. The molecule has 49 heavy (non-hydrogen) atoms. The number of Topliss-reactive ketones (excluding diaryl/α,β-unsaturated/α-hetero) is 2. The zero-order valence-electron chi connectivity index (χ0n) is 26.9. The predicted octanol–water partition coefficient (Wildman–Crippen LogP) is 9.54. The summed E-state index contributed by atoms with van der Waals surface area (Å²) in [7, 11) is 0. The van der Waals surface area contributed by atoms with Crippen molar-refractivity contribution in [2.45, 2.75) is 13.8 Å². The molecule has 0 atom stereocenters. The number of nitrogens with one attached hydrogen (secondary N) is 2. The molecule has 0 fully saturated rings. The molecule has 0 spiro atoms. The minimum Gasteiger partial charge on any atom is -0.428 e. The van der Waals surface area contributed by atoms with E-state index in [-0.39, 0.29) is 57.7 Å². The van der Waals surface area contributed by atoms with Crippen molar-refractivity contribution in [2.24, 2.45) is 0 Å². The van der Waals surface area contributed by atoms with Crippen molar-refractivity contribution in [1.29, 1.82) is 0 Å². The van der Waals surface area contributed by atoms with Crippen LogP contribution in [0.4, 0.5) is 28.9 Å². The minimum atomic E-state index is -0.836. The zero-order chi connectivity index (χ0) is 34.7. The molecular formula is C40H34F4N2O2Ti. The van der Waals surface area contributed by atoms with Crippen LogP contribution in [-0.4, -0.2) is 24.7 Å². The fraction of sp³-hybridized carbons (Fsp3) is 0.100. The van der Waals surface area contributed by atoms with Crippen LogP contribution < -0.4 is 10.6 Å². The number of anilines is 2. The maximum Gasteiger partial charge on any atom is 4.00 e. The van der Waals surface area contributed by atoms with E-state index in [1.807, 2.05) is 111 Å². The molecule has 0 aliphatic rings. The molecule has 0 unspecified atom stereocenters. The molecule has 0 aromatic heterocycles. The van der Waals surface area contributed by atoms with Crippen molar-refractivity contribution in [3.63, 3.8) is 0 Å². The first-order valence-corrected chi connectivity index (χ1v) is 14.9. The minimum absolute atomic E-state index is 0. The second kappa shape index (κ2) is 21.8. The van der Waals surface area contributed by atoms with Crippen molar-refractivity contribution in [1.82, 2.24) is 0 Å². The maximum absolute atomic E-state index is 13.3. The summed E-state index contributed by atoms with van der Waals surface area (Å²) >= 11 is 0. The van der Waals surface area contributed by atoms with Crippen LogP contribution in [0.5, 0.6) is 0 Å². The first-order valence-electron chi connectivity index (χ1n) is 14.9. The summed E-state index contributed by atoms with van der Waals surface area (Å²) in [5, 5.41) is 5.26. The van der Waals surface area contributed by atoms with Gasteiger partial charge in [-0.15, -0.1) is 36.4 Å². The number of benzene rings is 4. The summed E-state index contributed by atoms with van der Waals surface area (Å²) in [6, 6.07) is 42.6. The Morgan fingerprint density at radius 2 is 0.878 bits per heavy atom. The number of hydrogen-bond donors (Lipinski definition) is 2. The molecule has 0 heterocycles.